The van der Waals surface area contributed by atoms with E-state index in [4.69, 9.17) is 0 Å². The van der Waals surface area contributed by atoms with Gasteiger partial charge in [0.2, 0.25) is 5.91 Å². The number of amides is 1. The first-order valence-corrected chi connectivity index (χ1v) is 8.11. The van der Waals surface area contributed by atoms with Crippen LogP contribution in [0.5, 0.6) is 0 Å². The van der Waals surface area contributed by atoms with E-state index in [0.29, 0.717) is 0 Å². The number of hydrogen-bond donors (Lipinski definition) is 2. The van der Waals surface area contributed by atoms with Crippen LogP contribution in [0.25, 0.3) is 0 Å². The second-order valence-electron chi connectivity index (χ2n) is 4.82. The van der Waals surface area contributed by atoms with Crippen molar-refractivity contribution in [2.45, 2.75) is 13.8 Å². The predicted octanol–water partition coefficient (Wildman–Crippen LogP) is 4.88. The maximum absolute atomic E-state index is 12.0. The second-order valence-corrected chi connectivity index (χ2v) is 6.53. The minimum atomic E-state index is -0.0799. The molecule has 0 saturated heterocycles. The van der Waals surface area contributed by atoms with Gasteiger partial charge in [-0.2, -0.15) is 0 Å². The molecule has 0 atom stereocenters. The quantitative estimate of drug-likeness (QED) is 0.752. The van der Waals surface area contributed by atoms with Crippen LogP contribution < -0.4 is 10.6 Å². The Kier molecular flexibility index (Phi) is 5.42. The van der Waals surface area contributed by atoms with Crippen LogP contribution in [-0.2, 0) is 4.79 Å². The highest BCUT2D eigenvalue weighted by atomic mass is 79.9. The Hall–Kier alpha value is -1.33. The molecule has 2 aromatic rings. The van der Waals surface area contributed by atoms with Gasteiger partial charge in [0.1, 0.15) is 0 Å². The topological polar surface area (TPSA) is 41.1 Å². The summed E-state index contributed by atoms with van der Waals surface area (Å²) in [5.41, 5.74) is 3.90. The molecule has 0 unspecified atom stereocenters. The molecule has 0 aliphatic heterocycles. The average Bonchev–Trinajstić information content (AvgIpc) is 2.40. The van der Waals surface area contributed by atoms with E-state index in [1.165, 1.54) is 0 Å². The van der Waals surface area contributed by atoms with Crippen LogP contribution in [0.1, 0.15) is 11.1 Å². The molecule has 0 radical (unpaired) electrons. The number of nitrogens with one attached hydrogen (secondary N) is 2. The molecule has 0 heterocycles. The summed E-state index contributed by atoms with van der Waals surface area (Å²) in [6.45, 7) is 4.19. The summed E-state index contributed by atoms with van der Waals surface area (Å²) < 4.78 is 1.86. The zero-order chi connectivity index (χ0) is 15.4. The van der Waals surface area contributed by atoms with E-state index in [1.54, 1.807) is 0 Å². The molecule has 3 nitrogen and oxygen atoms in total. The van der Waals surface area contributed by atoms with E-state index in [0.717, 1.165) is 31.4 Å². The predicted molar refractivity (Wildman–Crippen MR) is 94.9 cm³/mol. The van der Waals surface area contributed by atoms with Gasteiger partial charge in [0.05, 0.1) is 12.2 Å². The van der Waals surface area contributed by atoms with Crippen molar-refractivity contribution in [1.29, 1.82) is 0 Å². The fraction of sp³-hybridized carbons (Fsp3) is 0.188. The monoisotopic (exact) mass is 410 g/mol. The van der Waals surface area contributed by atoms with Crippen LogP contribution in [0.15, 0.2) is 45.3 Å². The van der Waals surface area contributed by atoms with Gasteiger partial charge in [-0.25, -0.2) is 0 Å². The second kappa shape index (κ2) is 7.09. The lowest BCUT2D eigenvalue weighted by Crippen LogP contribution is -2.22. The normalized spacial score (nSPS) is 10.3. The number of benzene rings is 2. The van der Waals surface area contributed by atoms with Crippen molar-refractivity contribution in [2.24, 2.45) is 0 Å². The molecule has 2 N–H and O–H groups in total. The third kappa shape index (κ3) is 4.32. The van der Waals surface area contributed by atoms with Gasteiger partial charge in [0.25, 0.3) is 0 Å². The summed E-state index contributed by atoms with van der Waals surface area (Å²) in [7, 11) is 0. The number of carbonyl (C=O) groups excluding carboxylic acids is 1. The lowest BCUT2D eigenvalue weighted by Gasteiger charge is -2.13. The lowest BCUT2D eigenvalue weighted by atomic mass is 10.2. The van der Waals surface area contributed by atoms with Gasteiger partial charge in [0.15, 0.2) is 0 Å². The van der Waals surface area contributed by atoms with E-state index in [9.17, 15) is 4.79 Å². The minimum absolute atomic E-state index is 0.0799. The molecule has 21 heavy (non-hydrogen) atoms. The zero-order valence-electron chi connectivity index (χ0n) is 11.8. The molecule has 0 spiro atoms. The molecule has 0 bridgehead atoms. The first kappa shape index (κ1) is 16.0. The Bertz CT molecular complexity index is 648. The fourth-order valence-electron chi connectivity index (χ4n) is 1.94. The molecule has 0 aliphatic rings. The van der Waals surface area contributed by atoms with Crippen molar-refractivity contribution in [2.75, 3.05) is 17.2 Å². The van der Waals surface area contributed by atoms with Crippen molar-refractivity contribution in [1.82, 2.24) is 0 Å². The highest BCUT2D eigenvalue weighted by molar-refractivity contribution is 9.11. The molecular weight excluding hydrogens is 396 g/mol. The van der Waals surface area contributed by atoms with Crippen molar-refractivity contribution in [3.8, 4) is 0 Å². The van der Waals surface area contributed by atoms with Gasteiger partial charge in [-0.05, 0) is 75.0 Å². The summed E-state index contributed by atoms with van der Waals surface area (Å²) in [6.07, 6.45) is 0. The van der Waals surface area contributed by atoms with Crippen LogP contribution in [0.3, 0.4) is 0 Å². The van der Waals surface area contributed by atoms with Crippen molar-refractivity contribution >= 4 is 49.1 Å². The highest BCUT2D eigenvalue weighted by Gasteiger charge is 2.09. The van der Waals surface area contributed by atoms with Gasteiger partial charge in [-0.1, -0.05) is 18.2 Å². The SMILES string of the molecule is Cc1cc(Br)c(NCC(=O)Nc2ccccc2C)c(Br)c1. The number of para-hydroxylation sites is 1. The summed E-state index contributed by atoms with van der Waals surface area (Å²) in [5, 5.41) is 6.04. The number of carbonyl (C=O) groups is 1. The molecule has 2 aromatic carbocycles. The Labute approximate surface area is 141 Å². The van der Waals surface area contributed by atoms with E-state index in [1.807, 2.05) is 50.2 Å². The number of hydrogen-bond acceptors (Lipinski definition) is 2. The summed E-state index contributed by atoms with van der Waals surface area (Å²) in [4.78, 5) is 12.0. The van der Waals surface area contributed by atoms with Crippen molar-refractivity contribution in [3.05, 3.63) is 56.5 Å². The number of anilines is 2. The maximum atomic E-state index is 12.0. The molecule has 2 rings (SSSR count). The third-order valence-corrected chi connectivity index (χ3v) is 4.28. The summed E-state index contributed by atoms with van der Waals surface area (Å²) >= 11 is 7.00. The van der Waals surface area contributed by atoms with Crippen molar-refractivity contribution < 1.29 is 4.79 Å². The van der Waals surface area contributed by atoms with Crippen LogP contribution >= 0.6 is 31.9 Å². The van der Waals surface area contributed by atoms with Crippen molar-refractivity contribution in [3.63, 3.8) is 0 Å². The number of rotatable bonds is 4. The van der Waals surface area contributed by atoms with E-state index in [2.05, 4.69) is 42.5 Å². The molecule has 1 amide bonds. The molecule has 0 aromatic heterocycles. The van der Waals surface area contributed by atoms with Crippen LogP contribution in [0.4, 0.5) is 11.4 Å². The smallest absolute Gasteiger partial charge is 0.243 e. The van der Waals surface area contributed by atoms with Gasteiger partial charge in [-0.15, -0.1) is 0 Å². The number of aryl methyl sites for hydroxylation is 2. The van der Waals surface area contributed by atoms with Crippen LogP contribution in [0.2, 0.25) is 0 Å². The number of halogens is 2. The maximum Gasteiger partial charge on any atom is 0.243 e. The molecule has 0 aliphatic carbocycles. The molecule has 110 valence electrons. The molecule has 0 saturated carbocycles. The van der Waals surface area contributed by atoms with Crippen LogP contribution in [0, 0.1) is 13.8 Å². The van der Waals surface area contributed by atoms with Crippen LogP contribution in [-0.4, -0.2) is 12.5 Å². The molecule has 0 fully saturated rings. The Morgan fingerprint density at radius 3 is 2.33 bits per heavy atom. The Morgan fingerprint density at radius 2 is 1.71 bits per heavy atom. The lowest BCUT2D eigenvalue weighted by molar-refractivity contribution is -0.114. The molecule has 5 heteroatoms. The largest absolute Gasteiger partial charge is 0.374 e. The average molecular weight is 412 g/mol. The van der Waals surface area contributed by atoms with E-state index >= 15 is 0 Å². The van der Waals surface area contributed by atoms with E-state index < -0.39 is 0 Å². The van der Waals surface area contributed by atoms with Gasteiger partial charge >= 0.3 is 0 Å². The highest BCUT2D eigenvalue weighted by Crippen LogP contribution is 2.32. The Morgan fingerprint density at radius 1 is 1.10 bits per heavy atom. The fourth-order valence-corrected chi connectivity index (χ4v) is 3.64. The first-order valence-electron chi connectivity index (χ1n) is 6.52. The van der Waals surface area contributed by atoms with Gasteiger partial charge in [0, 0.05) is 14.6 Å². The molecular formula is C16H16Br2N2O. The van der Waals surface area contributed by atoms with Gasteiger partial charge in [-0.3, -0.25) is 4.79 Å². The first-order chi connectivity index (χ1) is 9.97. The summed E-state index contributed by atoms with van der Waals surface area (Å²) in [6, 6.07) is 11.7. The Balaban J connectivity index is 2.01. The third-order valence-electron chi connectivity index (χ3n) is 3.03. The minimum Gasteiger partial charge on any atom is -0.374 e. The van der Waals surface area contributed by atoms with E-state index in [-0.39, 0.29) is 12.5 Å². The standard InChI is InChI=1S/C16H16Br2N2O/c1-10-7-12(17)16(13(18)8-10)19-9-15(21)20-14-6-4-3-5-11(14)2/h3-8,19H,9H2,1-2H3,(H,20,21). The van der Waals surface area contributed by atoms with Gasteiger partial charge < -0.3 is 10.6 Å². The summed E-state index contributed by atoms with van der Waals surface area (Å²) in [5.74, 6) is -0.0799. The zero-order valence-corrected chi connectivity index (χ0v) is 15.0.